The average molecular weight is 250 g/mol. The molecule has 1 atom stereocenters. The van der Waals surface area contributed by atoms with Crippen molar-refractivity contribution in [2.45, 2.75) is 26.8 Å². The number of hydrogen-bond donors (Lipinski definition) is 2. The van der Waals surface area contributed by atoms with Crippen molar-refractivity contribution in [2.75, 3.05) is 13.6 Å². The van der Waals surface area contributed by atoms with E-state index in [0.717, 1.165) is 25.2 Å². The second-order valence-corrected chi connectivity index (χ2v) is 4.70. The molecule has 18 heavy (non-hydrogen) atoms. The monoisotopic (exact) mass is 250 g/mol. The number of nitrogens with zero attached hydrogens (tertiary/aromatic N) is 2. The minimum absolute atomic E-state index is 0.354. The molecule has 0 aliphatic carbocycles. The summed E-state index contributed by atoms with van der Waals surface area (Å²) < 4.78 is 0. The summed E-state index contributed by atoms with van der Waals surface area (Å²) >= 11 is 0. The van der Waals surface area contributed by atoms with Gasteiger partial charge >= 0.3 is 0 Å². The van der Waals surface area contributed by atoms with Crippen LogP contribution in [-0.2, 0) is 6.54 Å². The van der Waals surface area contributed by atoms with Gasteiger partial charge in [0, 0.05) is 13.1 Å². The van der Waals surface area contributed by atoms with Gasteiger partial charge < -0.3 is 4.90 Å². The third kappa shape index (κ3) is 4.43. The van der Waals surface area contributed by atoms with E-state index >= 15 is 0 Å². The summed E-state index contributed by atoms with van der Waals surface area (Å²) in [5, 5.41) is 0. The molecule has 1 amide bonds. The molecule has 0 fully saturated rings. The van der Waals surface area contributed by atoms with Crippen molar-refractivity contribution in [3.8, 4) is 0 Å². The standard InChI is InChI=1S/C13H22N4O/c1-4-10(2)8-17(3)9-11-6-5-7-12(15-11)13(18)16-14/h5-7,10H,4,8-9,14H2,1-3H3,(H,16,18). The second kappa shape index (κ2) is 7.08. The first-order valence-corrected chi connectivity index (χ1v) is 6.22. The third-order valence-electron chi connectivity index (χ3n) is 2.92. The summed E-state index contributed by atoms with van der Waals surface area (Å²) in [6.45, 7) is 6.16. The Labute approximate surface area is 108 Å². The Kier molecular flexibility index (Phi) is 5.74. The van der Waals surface area contributed by atoms with Crippen molar-refractivity contribution in [3.63, 3.8) is 0 Å². The Morgan fingerprint density at radius 2 is 2.28 bits per heavy atom. The van der Waals surface area contributed by atoms with Crippen LogP contribution in [0.1, 0.15) is 36.5 Å². The van der Waals surface area contributed by atoms with Gasteiger partial charge in [-0.05, 0) is 25.1 Å². The SMILES string of the molecule is CCC(C)CN(C)Cc1cccc(C(=O)NN)n1. The zero-order valence-corrected chi connectivity index (χ0v) is 11.3. The lowest BCUT2D eigenvalue weighted by molar-refractivity contribution is 0.0948. The van der Waals surface area contributed by atoms with Gasteiger partial charge in [0.05, 0.1) is 5.69 Å². The van der Waals surface area contributed by atoms with Gasteiger partial charge in [-0.2, -0.15) is 0 Å². The van der Waals surface area contributed by atoms with Crippen molar-refractivity contribution in [1.29, 1.82) is 0 Å². The van der Waals surface area contributed by atoms with E-state index in [9.17, 15) is 4.79 Å². The van der Waals surface area contributed by atoms with Gasteiger partial charge in [0.2, 0.25) is 0 Å². The molecule has 0 radical (unpaired) electrons. The number of pyridine rings is 1. The van der Waals surface area contributed by atoms with Crippen LogP contribution in [0.4, 0.5) is 0 Å². The molecule has 0 spiro atoms. The first kappa shape index (κ1) is 14.6. The van der Waals surface area contributed by atoms with E-state index in [0.29, 0.717) is 11.6 Å². The predicted molar refractivity (Wildman–Crippen MR) is 71.7 cm³/mol. The molecule has 5 heteroatoms. The van der Waals surface area contributed by atoms with E-state index in [1.165, 1.54) is 0 Å². The van der Waals surface area contributed by atoms with Crippen LogP contribution in [0, 0.1) is 5.92 Å². The van der Waals surface area contributed by atoms with Crippen LogP contribution < -0.4 is 11.3 Å². The van der Waals surface area contributed by atoms with Gasteiger partial charge in [-0.3, -0.25) is 10.2 Å². The number of nitrogens with two attached hydrogens (primary N) is 1. The normalized spacial score (nSPS) is 12.5. The first-order chi connectivity index (χ1) is 8.56. The van der Waals surface area contributed by atoms with E-state index < -0.39 is 0 Å². The highest BCUT2D eigenvalue weighted by molar-refractivity contribution is 5.91. The number of aromatic nitrogens is 1. The van der Waals surface area contributed by atoms with E-state index in [4.69, 9.17) is 5.84 Å². The van der Waals surface area contributed by atoms with Crippen LogP contribution in [0.2, 0.25) is 0 Å². The zero-order valence-electron chi connectivity index (χ0n) is 11.3. The maximum absolute atomic E-state index is 11.4. The highest BCUT2D eigenvalue weighted by atomic mass is 16.2. The van der Waals surface area contributed by atoms with Gasteiger partial charge in [0.25, 0.3) is 5.91 Å². The number of hydrazine groups is 1. The maximum Gasteiger partial charge on any atom is 0.283 e. The summed E-state index contributed by atoms with van der Waals surface area (Å²) in [7, 11) is 2.06. The molecule has 0 saturated heterocycles. The summed E-state index contributed by atoms with van der Waals surface area (Å²) in [5.74, 6) is 5.39. The molecule has 1 unspecified atom stereocenters. The fraction of sp³-hybridized carbons (Fsp3) is 0.538. The summed E-state index contributed by atoms with van der Waals surface area (Å²) in [6, 6.07) is 5.39. The van der Waals surface area contributed by atoms with Crippen molar-refractivity contribution in [3.05, 3.63) is 29.6 Å². The fourth-order valence-corrected chi connectivity index (χ4v) is 1.77. The summed E-state index contributed by atoms with van der Waals surface area (Å²) in [6.07, 6.45) is 1.16. The van der Waals surface area contributed by atoms with Gasteiger partial charge in [-0.15, -0.1) is 0 Å². The molecule has 1 rings (SSSR count). The Morgan fingerprint density at radius 1 is 1.56 bits per heavy atom. The number of nitrogens with one attached hydrogen (secondary N) is 1. The molecule has 0 bridgehead atoms. The number of carbonyl (C=O) groups is 1. The average Bonchev–Trinajstić information content (AvgIpc) is 2.37. The first-order valence-electron chi connectivity index (χ1n) is 6.22. The molecule has 1 aromatic heterocycles. The predicted octanol–water partition coefficient (Wildman–Crippen LogP) is 1.16. The number of rotatable bonds is 6. The molecule has 5 nitrogen and oxygen atoms in total. The lowest BCUT2D eigenvalue weighted by atomic mass is 10.1. The smallest absolute Gasteiger partial charge is 0.283 e. The minimum Gasteiger partial charge on any atom is -0.300 e. The number of hydrogen-bond acceptors (Lipinski definition) is 4. The van der Waals surface area contributed by atoms with Crippen molar-refractivity contribution in [2.24, 2.45) is 11.8 Å². The van der Waals surface area contributed by atoms with E-state index in [1.807, 2.05) is 12.1 Å². The Bertz CT molecular complexity index is 394. The van der Waals surface area contributed by atoms with Crippen LogP contribution in [0.5, 0.6) is 0 Å². The van der Waals surface area contributed by atoms with E-state index in [1.54, 1.807) is 6.07 Å². The van der Waals surface area contributed by atoms with Gasteiger partial charge in [0.15, 0.2) is 0 Å². The van der Waals surface area contributed by atoms with Crippen LogP contribution in [0.3, 0.4) is 0 Å². The zero-order chi connectivity index (χ0) is 13.5. The lowest BCUT2D eigenvalue weighted by Gasteiger charge is -2.20. The summed E-state index contributed by atoms with van der Waals surface area (Å²) in [4.78, 5) is 17.9. The maximum atomic E-state index is 11.4. The quantitative estimate of drug-likeness (QED) is 0.451. The van der Waals surface area contributed by atoms with Crippen LogP contribution in [0.25, 0.3) is 0 Å². The van der Waals surface area contributed by atoms with Crippen molar-refractivity contribution in [1.82, 2.24) is 15.3 Å². The van der Waals surface area contributed by atoms with Gasteiger partial charge in [0.1, 0.15) is 5.69 Å². The highest BCUT2D eigenvalue weighted by Crippen LogP contribution is 2.07. The Morgan fingerprint density at radius 3 is 2.89 bits per heavy atom. The molecule has 0 aromatic carbocycles. The molecule has 1 aromatic rings. The number of nitrogen functional groups attached to an aromatic ring is 1. The largest absolute Gasteiger partial charge is 0.300 e. The van der Waals surface area contributed by atoms with Gasteiger partial charge in [-0.25, -0.2) is 10.8 Å². The second-order valence-electron chi connectivity index (χ2n) is 4.70. The molecule has 100 valence electrons. The molecular weight excluding hydrogens is 228 g/mol. The third-order valence-corrected chi connectivity index (χ3v) is 2.92. The fourth-order valence-electron chi connectivity index (χ4n) is 1.77. The highest BCUT2D eigenvalue weighted by Gasteiger charge is 2.09. The van der Waals surface area contributed by atoms with Crippen molar-refractivity contribution < 1.29 is 4.79 Å². The van der Waals surface area contributed by atoms with Crippen LogP contribution in [0.15, 0.2) is 18.2 Å². The molecule has 0 aliphatic heterocycles. The molecule has 0 saturated carbocycles. The Hall–Kier alpha value is -1.46. The Balaban J connectivity index is 2.64. The molecule has 0 aliphatic rings. The van der Waals surface area contributed by atoms with Gasteiger partial charge in [-0.1, -0.05) is 26.3 Å². The molecule has 3 N–H and O–H groups in total. The van der Waals surface area contributed by atoms with Crippen LogP contribution >= 0.6 is 0 Å². The van der Waals surface area contributed by atoms with Crippen LogP contribution in [-0.4, -0.2) is 29.4 Å². The summed E-state index contributed by atoms with van der Waals surface area (Å²) in [5.41, 5.74) is 3.32. The molecular formula is C13H22N4O. The lowest BCUT2D eigenvalue weighted by Crippen LogP contribution is -2.31. The van der Waals surface area contributed by atoms with E-state index in [-0.39, 0.29) is 5.91 Å². The van der Waals surface area contributed by atoms with E-state index in [2.05, 4.69) is 36.2 Å². The van der Waals surface area contributed by atoms with Crippen molar-refractivity contribution >= 4 is 5.91 Å². The molecule has 1 heterocycles. The number of carbonyl (C=O) groups excluding carboxylic acids is 1. The minimum atomic E-state index is -0.360. The number of amides is 1. The topological polar surface area (TPSA) is 71.2 Å².